The van der Waals surface area contributed by atoms with Crippen molar-refractivity contribution in [3.63, 3.8) is 0 Å². The molecule has 100 valence electrons. The third-order valence-corrected chi connectivity index (χ3v) is 4.50. The van der Waals surface area contributed by atoms with Gasteiger partial charge in [0.1, 0.15) is 0 Å². The molecule has 0 radical (unpaired) electrons. The number of rotatable bonds is 4. The Morgan fingerprint density at radius 1 is 1.17 bits per heavy atom. The van der Waals surface area contributed by atoms with Crippen LogP contribution in [0.25, 0.3) is 0 Å². The number of ether oxygens (including phenoxy) is 1. The van der Waals surface area contributed by atoms with Crippen molar-refractivity contribution in [3.05, 3.63) is 34.4 Å². The first-order chi connectivity index (χ1) is 8.47. The Balaban J connectivity index is 2.18. The van der Waals surface area contributed by atoms with E-state index in [9.17, 15) is 5.11 Å². The molecule has 1 N–H and O–H groups in total. The summed E-state index contributed by atoms with van der Waals surface area (Å²) < 4.78 is 5.60. The maximum atomic E-state index is 10.5. The summed E-state index contributed by atoms with van der Waals surface area (Å²) in [5.41, 5.74) is 4.69. The second-order valence-electron chi connectivity index (χ2n) is 5.75. The summed E-state index contributed by atoms with van der Waals surface area (Å²) in [4.78, 5) is 0. The standard InChI is InChI=1S/C16H24O2/c1-11-8-13(3)14(9-12(11)2)15(17)10-16(18-4)6-5-7-16/h8-9,15,17H,5-7,10H2,1-4H3. The molecule has 18 heavy (non-hydrogen) atoms. The van der Waals surface area contributed by atoms with Crippen molar-refractivity contribution in [2.45, 2.75) is 58.2 Å². The van der Waals surface area contributed by atoms with Gasteiger partial charge in [-0.3, -0.25) is 0 Å². The quantitative estimate of drug-likeness (QED) is 0.882. The van der Waals surface area contributed by atoms with Gasteiger partial charge in [0.25, 0.3) is 0 Å². The van der Waals surface area contributed by atoms with Crippen molar-refractivity contribution in [2.24, 2.45) is 0 Å². The molecule has 0 aliphatic heterocycles. The Morgan fingerprint density at radius 3 is 2.28 bits per heavy atom. The molecule has 0 heterocycles. The minimum atomic E-state index is -0.412. The van der Waals surface area contributed by atoms with Crippen LogP contribution in [0.15, 0.2) is 12.1 Å². The van der Waals surface area contributed by atoms with Gasteiger partial charge in [-0.2, -0.15) is 0 Å². The third-order valence-electron chi connectivity index (χ3n) is 4.50. The average molecular weight is 248 g/mol. The number of benzene rings is 1. The van der Waals surface area contributed by atoms with E-state index in [0.29, 0.717) is 6.42 Å². The third kappa shape index (κ3) is 2.45. The molecule has 1 aromatic rings. The van der Waals surface area contributed by atoms with Crippen molar-refractivity contribution in [1.29, 1.82) is 0 Å². The summed E-state index contributed by atoms with van der Waals surface area (Å²) in [7, 11) is 1.76. The van der Waals surface area contributed by atoms with Crippen molar-refractivity contribution in [2.75, 3.05) is 7.11 Å². The zero-order valence-corrected chi connectivity index (χ0v) is 11.9. The van der Waals surface area contributed by atoms with Crippen LogP contribution >= 0.6 is 0 Å². The molecule has 1 fully saturated rings. The molecule has 0 bridgehead atoms. The van der Waals surface area contributed by atoms with Gasteiger partial charge in [0, 0.05) is 13.5 Å². The van der Waals surface area contributed by atoms with Gasteiger partial charge in [0.2, 0.25) is 0 Å². The van der Waals surface area contributed by atoms with Gasteiger partial charge < -0.3 is 9.84 Å². The molecular weight excluding hydrogens is 224 g/mol. The van der Waals surface area contributed by atoms with Crippen LogP contribution in [0, 0.1) is 20.8 Å². The van der Waals surface area contributed by atoms with Crippen molar-refractivity contribution in [1.82, 2.24) is 0 Å². The van der Waals surface area contributed by atoms with Gasteiger partial charge in [-0.25, -0.2) is 0 Å². The summed E-state index contributed by atoms with van der Waals surface area (Å²) in [5.74, 6) is 0. The normalized spacial score (nSPS) is 19.4. The van der Waals surface area contributed by atoms with E-state index in [4.69, 9.17) is 4.74 Å². The molecule has 2 heteroatoms. The topological polar surface area (TPSA) is 29.5 Å². The van der Waals surface area contributed by atoms with E-state index < -0.39 is 6.10 Å². The zero-order valence-electron chi connectivity index (χ0n) is 11.9. The molecule has 0 aromatic heterocycles. The summed E-state index contributed by atoms with van der Waals surface area (Å²) in [5, 5.41) is 10.5. The Kier molecular flexibility index (Phi) is 3.79. The van der Waals surface area contributed by atoms with E-state index in [2.05, 4.69) is 32.9 Å². The largest absolute Gasteiger partial charge is 0.388 e. The van der Waals surface area contributed by atoms with E-state index >= 15 is 0 Å². The van der Waals surface area contributed by atoms with Crippen LogP contribution in [-0.4, -0.2) is 17.8 Å². The van der Waals surface area contributed by atoms with Crippen LogP contribution in [0.1, 0.15) is 54.0 Å². The van der Waals surface area contributed by atoms with E-state index in [1.165, 1.54) is 23.1 Å². The predicted octanol–water partition coefficient (Wildman–Crippen LogP) is 3.60. The second kappa shape index (κ2) is 5.02. The van der Waals surface area contributed by atoms with Crippen LogP contribution in [0.5, 0.6) is 0 Å². The SMILES string of the molecule is COC1(CC(O)c2cc(C)c(C)cc2C)CCC1. The number of methoxy groups -OCH3 is 1. The smallest absolute Gasteiger partial charge is 0.0820 e. The molecule has 0 amide bonds. The molecule has 1 aliphatic rings. The maximum absolute atomic E-state index is 10.5. The van der Waals surface area contributed by atoms with Crippen LogP contribution in [0.3, 0.4) is 0 Å². The molecule has 0 saturated heterocycles. The summed E-state index contributed by atoms with van der Waals surface area (Å²) in [6, 6.07) is 4.28. The number of aryl methyl sites for hydroxylation is 3. The Labute approximate surface area is 110 Å². The first-order valence-electron chi connectivity index (χ1n) is 6.78. The molecule has 2 rings (SSSR count). The summed E-state index contributed by atoms with van der Waals surface area (Å²) in [6.07, 6.45) is 3.67. The van der Waals surface area contributed by atoms with Crippen LogP contribution in [-0.2, 0) is 4.74 Å². The first-order valence-corrected chi connectivity index (χ1v) is 6.78. The Bertz CT molecular complexity index is 427. The lowest BCUT2D eigenvalue weighted by molar-refractivity contribution is -0.0999. The fourth-order valence-corrected chi connectivity index (χ4v) is 2.87. The molecule has 1 atom stereocenters. The number of hydrogen-bond donors (Lipinski definition) is 1. The minimum Gasteiger partial charge on any atom is -0.388 e. The van der Waals surface area contributed by atoms with Gasteiger partial charge in [-0.1, -0.05) is 12.1 Å². The lowest BCUT2D eigenvalue weighted by Gasteiger charge is -2.42. The van der Waals surface area contributed by atoms with Gasteiger partial charge in [0.05, 0.1) is 11.7 Å². The molecule has 1 unspecified atom stereocenters. The molecule has 2 nitrogen and oxygen atoms in total. The fraction of sp³-hybridized carbons (Fsp3) is 0.625. The van der Waals surface area contributed by atoms with Gasteiger partial charge in [-0.05, 0) is 62.3 Å². The highest BCUT2D eigenvalue weighted by molar-refractivity contribution is 5.37. The second-order valence-corrected chi connectivity index (χ2v) is 5.75. The van der Waals surface area contributed by atoms with E-state index in [-0.39, 0.29) is 5.60 Å². The molecule has 1 aromatic carbocycles. The van der Waals surface area contributed by atoms with Crippen molar-refractivity contribution >= 4 is 0 Å². The van der Waals surface area contributed by atoms with E-state index in [0.717, 1.165) is 18.4 Å². The van der Waals surface area contributed by atoms with Gasteiger partial charge in [-0.15, -0.1) is 0 Å². The molecule has 0 spiro atoms. The number of aliphatic hydroxyl groups excluding tert-OH is 1. The Hall–Kier alpha value is -0.860. The van der Waals surface area contributed by atoms with Gasteiger partial charge >= 0.3 is 0 Å². The molecule has 1 aliphatic carbocycles. The Morgan fingerprint density at radius 2 is 1.78 bits per heavy atom. The van der Waals surface area contributed by atoms with Gasteiger partial charge in [0.15, 0.2) is 0 Å². The lowest BCUT2D eigenvalue weighted by Crippen LogP contribution is -2.40. The monoisotopic (exact) mass is 248 g/mol. The number of hydrogen-bond acceptors (Lipinski definition) is 2. The van der Waals surface area contributed by atoms with Crippen LogP contribution in [0.4, 0.5) is 0 Å². The molecule has 1 saturated carbocycles. The van der Waals surface area contributed by atoms with E-state index in [1.54, 1.807) is 7.11 Å². The molecular formula is C16H24O2. The highest BCUT2D eigenvalue weighted by atomic mass is 16.5. The first kappa shape index (κ1) is 13.6. The highest BCUT2D eigenvalue weighted by Gasteiger charge is 2.39. The zero-order chi connectivity index (χ0) is 13.3. The predicted molar refractivity (Wildman–Crippen MR) is 73.8 cm³/mol. The van der Waals surface area contributed by atoms with Crippen molar-refractivity contribution in [3.8, 4) is 0 Å². The van der Waals surface area contributed by atoms with Crippen LogP contribution in [0.2, 0.25) is 0 Å². The van der Waals surface area contributed by atoms with E-state index in [1.807, 2.05) is 0 Å². The van der Waals surface area contributed by atoms with Crippen LogP contribution < -0.4 is 0 Å². The fourth-order valence-electron chi connectivity index (χ4n) is 2.87. The lowest BCUT2D eigenvalue weighted by atomic mass is 9.75. The minimum absolute atomic E-state index is 0.0787. The highest BCUT2D eigenvalue weighted by Crippen LogP contribution is 2.42. The maximum Gasteiger partial charge on any atom is 0.0820 e. The van der Waals surface area contributed by atoms with Crippen molar-refractivity contribution < 1.29 is 9.84 Å². The number of aliphatic hydroxyl groups is 1. The summed E-state index contributed by atoms with van der Waals surface area (Å²) >= 11 is 0. The average Bonchev–Trinajstić information content (AvgIpc) is 2.28. The summed E-state index contributed by atoms with van der Waals surface area (Å²) in [6.45, 7) is 6.28.